The number of aryl methyl sites for hydroxylation is 1. The number of benzene rings is 2. The van der Waals surface area contributed by atoms with E-state index in [9.17, 15) is 13.6 Å². The molecule has 0 aliphatic carbocycles. The third-order valence-electron chi connectivity index (χ3n) is 3.79. The lowest BCUT2D eigenvalue weighted by atomic mass is 10.2. The Bertz CT molecular complexity index is 1190. The molecule has 4 rings (SSSR count). The van der Waals surface area contributed by atoms with Crippen molar-refractivity contribution in [3.05, 3.63) is 57.8 Å². The molecule has 126 valence electrons. The second kappa shape index (κ2) is 6.12. The van der Waals surface area contributed by atoms with Crippen molar-refractivity contribution in [1.82, 2.24) is 9.55 Å². The molecule has 8 heteroatoms. The summed E-state index contributed by atoms with van der Waals surface area (Å²) in [4.78, 5) is 21.2. The number of hydrogen-bond acceptors (Lipinski definition) is 4. The summed E-state index contributed by atoms with van der Waals surface area (Å²) in [5.74, 6) is -1.74. The van der Waals surface area contributed by atoms with Gasteiger partial charge in [0, 0.05) is 18.2 Å². The van der Waals surface area contributed by atoms with Crippen molar-refractivity contribution in [2.24, 2.45) is 4.99 Å². The van der Waals surface area contributed by atoms with Crippen LogP contribution < -0.4 is 4.80 Å². The normalized spacial score (nSPS) is 12.4. The number of amides is 1. The molecule has 0 aliphatic rings. The molecule has 0 saturated carbocycles. The van der Waals surface area contributed by atoms with E-state index in [4.69, 9.17) is 0 Å². The van der Waals surface area contributed by atoms with Crippen LogP contribution in [0.3, 0.4) is 0 Å². The van der Waals surface area contributed by atoms with Crippen molar-refractivity contribution in [2.45, 2.75) is 13.5 Å². The van der Waals surface area contributed by atoms with Gasteiger partial charge in [-0.3, -0.25) is 4.79 Å². The second-order valence-electron chi connectivity index (χ2n) is 5.32. The molecule has 0 fully saturated rings. The van der Waals surface area contributed by atoms with Crippen molar-refractivity contribution in [2.75, 3.05) is 0 Å². The highest BCUT2D eigenvalue weighted by atomic mass is 32.1. The van der Waals surface area contributed by atoms with Crippen molar-refractivity contribution >= 4 is 49.0 Å². The van der Waals surface area contributed by atoms with Crippen LogP contribution in [0.4, 0.5) is 8.78 Å². The second-order valence-corrected chi connectivity index (χ2v) is 7.21. The Kier molecular flexibility index (Phi) is 3.93. The molecule has 25 heavy (non-hydrogen) atoms. The molecular formula is C17H11F2N3OS2. The van der Waals surface area contributed by atoms with Crippen LogP contribution in [0.25, 0.3) is 20.4 Å². The first kappa shape index (κ1) is 16.0. The van der Waals surface area contributed by atoms with Crippen LogP contribution in [-0.2, 0) is 6.54 Å². The van der Waals surface area contributed by atoms with Crippen LogP contribution in [0, 0.1) is 11.6 Å². The van der Waals surface area contributed by atoms with Gasteiger partial charge in [-0.05, 0) is 31.2 Å². The number of thiazole rings is 2. The molecule has 0 saturated heterocycles. The summed E-state index contributed by atoms with van der Waals surface area (Å²) < 4.78 is 30.5. The van der Waals surface area contributed by atoms with Gasteiger partial charge in [0.25, 0.3) is 5.91 Å². The fourth-order valence-corrected chi connectivity index (χ4v) is 4.50. The van der Waals surface area contributed by atoms with E-state index in [0.29, 0.717) is 21.6 Å². The fourth-order valence-electron chi connectivity index (χ4n) is 2.65. The molecule has 0 N–H and O–H groups in total. The first-order valence-corrected chi connectivity index (χ1v) is 9.17. The third kappa shape index (κ3) is 2.77. The molecule has 0 radical (unpaired) electrons. The first-order valence-electron chi connectivity index (χ1n) is 7.47. The molecule has 4 aromatic rings. The maximum absolute atomic E-state index is 14.1. The summed E-state index contributed by atoms with van der Waals surface area (Å²) in [7, 11) is 0. The molecule has 0 aliphatic heterocycles. The summed E-state index contributed by atoms with van der Waals surface area (Å²) >= 11 is 2.53. The Hall–Kier alpha value is -2.45. The number of carbonyl (C=O) groups excluding carboxylic acids is 1. The SMILES string of the molecule is CCn1c(=NC(=O)c2ccc3ncsc3c2)sc2cc(F)cc(F)c21. The Balaban J connectivity index is 1.87. The predicted octanol–water partition coefficient (Wildman–Crippen LogP) is 4.35. The van der Waals surface area contributed by atoms with Gasteiger partial charge in [0.1, 0.15) is 5.82 Å². The Morgan fingerprint density at radius 2 is 2.08 bits per heavy atom. The van der Waals surface area contributed by atoms with E-state index in [-0.39, 0.29) is 5.52 Å². The van der Waals surface area contributed by atoms with E-state index in [1.807, 2.05) is 6.92 Å². The fraction of sp³-hybridized carbons (Fsp3) is 0.118. The lowest BCUT2D eigenvalue weighted by molar-refractivity contribution is 0.0998. The Morgan fingerprint density at radius 1 is 1.24 bits per heavy atom. The van der Waals surface area contributed by atoms with E-state index in [2.05, 4.69) is 9.98 Å². The van der Waals surface area contributed by atoms with Crippen molar-refractivity contribution in [1.29, 1.82) is 0 Å². The summed E-state index contributed by atoms with van der Waals surface area (Å²) in [5.41, 5.74) is 3.23. The average molecular weight is 375 g/mol. The predicted molar refractivity (Wildman–Crippen MR) is 94.9 cm³/mol. The number of rotatable bonds is 2. The van der Waals surface area contributed by atoms with Crippen LogP contribution in [0.15, 0.2) is 40.8 Å². The van der Waals surface area contributed by atoms with Crippen molar-refractivity contribution in [3.63, 3.8) is 0 Å². The van der Waals surface area contributed by atoms with Crippen LogP contribution in [0.2, 0.25) is 0 Å². The monoisotopic (exact) mass is 375 g/mol. The number of halogens is 2. The molecular weight excluding hydrogens is 364 g/mol. The van der Waals surface area contributed by atoms with E-state index < -0.39 is 17.5 Å². The van der Waals surface area contributed by atoms with Gasteiger partial charge in [-0.1, -0.05) is 11.3 Å². The highest BCUT2D eigenvalue weighted by molar-refractivity contribution is 7.17. The maximum Gasteiger partial charge on any atom is 0.279 e. The summed E-state index contributed by atoms with van der Waals surface area (Å²) in [6.07, 6.45) is 0. The number of nitrogens with zero attached hydrogens (tertiary/aromatic N) is 3. The standard InChI is InChI=1S/C17H11F2N3OS2/c1-2-22-15-11(19)6-10(18)7-14(15)25-17(22)21-16(23)9-3-4-12-13(5-9)24-8-20-12/h3-8H,2H2,1H3. The minimum absolute atomic E-state index is 0.262. The highest BCUT2D eigenvalue weighted by Crippen LogP contribution is 2.23. The molecule has 0 atom stereocenters. The quantitative estimate of drug-likeness (QED) is 0.523. The highest BCUT2D eigenvalue weighted by Gasteiger charge is 2.13. The van der Waals surface area contributed by atoms with Crippen LogP contribution in [0.5, 0.6) is 0 Å². The van der Waals surface area contributed by atoms with Crippen LogP contribution >= 0.6 is 22.7 Å². The number of aromatic nitrogens is 2. The average Bonchev–Trinajstić information content (AvgIpc) is 3.17. The van der Waals surface area contributed by atoms with Gasteiger partial charge >= 0.3 is 0 Å². The first-order chi connectivity index (χ1) is 12.1. The van der Waals surface area contributed by atoms with Crippen molar-refractivity contribution < 1.29 is 13.6 Å². The lowest BCUT2D eigenvalue weighted by Gasteiger charge is -2.01. The van der Waals surface area contributed by atoms with E-state index in [1.54, 1.807) is 28.3 Å². The number of hydrogen-bond donors (Lipinski definition) is 0. The van der Waals surface area contributed by atoms with Gasteiger partial charge in [-0.15, -0.1) is 11.3 Å². The largest absolute Gasteiger partial charge is 0.314 e. The zero-order valence-corrected chi connectivity index (χ0v) is 14.6. The van der Waals surface area contributed by atoms with E-state index >= 15 is 0 Å². The lowest BCUT2D eigenvalue weighted by Crippen LogP contribution is -2.16. The minimum atomic E-state index is -0.659. The van der Waals surface area contributed by atoms with Gasteiger partial charge in [-0.2, -0.15) is 4.99 Å². The minimum Gasteiger partial charge on any atom is -0.314 e. The van der Waals surface area contributed by atoms with Crippen LogP contribution in [-0.4, -0.2) is 15.5 Å². The number of carbonyl (C=O) groups is 1. The summed E-state index contributed by atoms with van der Waals surface area (Å²) in [5, 5.41) is 0. The van der Waals surface area contributed by atoms with E-state index in [0.717, 1.165) is 27.6 Å². The van der Waals surface area contributed by atoms with Gasteiger partial charge in [0.15, 0.2) is 10.6 Å². The molecule has 2 heterocycles. The van der Waals surface area contributed by atoms with Gasteiger partial charge in [0.2, 0.25) is 0 Å². The van der Waals surface area contributed by atoms with Gasteiger partial charge in [0.05, 0.1) is 25.9 Å². The maximum atomic E-state index is 14.1. The summed E-state index contributed by atoms with van der Waals surface area (Å²) in [6, 6.07) is 7.26. The number of fused-ring (bicyclic) bond motifs is 2. The van der Waals surface area contributed by atoms with Crippen LogP contribution in [0.1, 0.15) is 17.3 Å². The topological polar surface area (TPSA) is 47.2 Å². The molecule has 0 bridgehead atoms. The molecule has 0 unspecified atom stereocenters. The zero-order valence-electron chi connectivity index (χ0n) is 13.0. The Labute approximate surface area is 148 Å². The van der Waals surface area contributed by atoms with Crippen molar-refractivity contribution in [3.8, 4) is 0 Å². The van der Waals surface area contributed by atoms with Gasteiger partial charge in [-0.25, -0.2) is 13.8 Å². The van der Waals surface area contributed by atoms with E-state index in [1.165, 1.54) is 17.4 Å². The smallest absolute Gasteiger partial charge is 0.279 e. The third-order valence-corrected chi connectivity index (χ3v) is 5.60. The summed E-state index contributed by atoms with van der Waals surface area (Å²) in [6.45, 7) is 2.24. The molecule has 4 nitrogen and oxygen atoms in total. The molecule has 0 spiro atoms. The Morgan fingerprint density at radius 3 is 2.88 bits per heavy atom. The zero-order chi connectivity index (χ0) is 17.6. The van der Waals surface area contributed by atoms with Gasteiger partial charge < -0.3 is 4.57 Å². The molecule has 1 amide bonds. The molecule has 2 aromatic heterocycles. The molecule has 2 aromatic carbocycles.